The maximum absolute atomic E-state index is 11.7. The maximum Gasteiger partial charge on any atom is 0.342 e. The number of methoxy groups -OCH3 is 1. The highest BCUT2D eigenvalue weighted by Gasteiger charge is 2.15. The van der Waals surface area contributed by atoms with Crippen molar-refractivity contribution in [3.63, 3.8) is 0 Å². The second-order valence-electron chi connectivity index (χ2n) is 6.18. The lowest BCUT2D eigenvalue weighted by molar-refractivity contribution is -0.131. The van der Waals surface area contributed by atoms with Crippen molar-refractivity contribution in [3.8, 4) is 11.5 Å². The lowest BCUT2D eigenvalue weighted by atomic mass is 10.2. The molecule has 2 aromatic carbocycles. The molecule has 10 heteroatoms. The summed E-state index contributed by atoms with van der Waals surface area (Å²) in [7, 11) is 1.51. The minimum Gasteiger partial charge on any atom is -0.493 e. The van der Waals surface area contributed by atoms with E-state index in [2.05, 4.69) is 10.2 Å². The molecule has 3 aromatic rings. The number of halogens is 2. The molecule has 0 saturated carbocycles. The van der Waals surface area contributed by atoms with Crippen molar-refractivity contribution in [2.45, 2.75) is 25.2 Å². The van der Waals surface area contributed by atoms with E-state index < -0.39 is 5.97 Å². The Bertz CT molecular complexity index is 1120. The van der Waals surface area contributed by atoms with Gasteiger partial charge in [-0.25, -0.2) is 4.79 Å². The van der Waals surface area contributed by atoms with Gasteiger partial charge in [-0.15, -0.1) is 10.2 Å². The number of hydrogen-bond acceptors (Lipinski definition) is 7. The number of carboxylic acid groups (broad SMARTS) is 1. The van der Waals surface area contributed by atoms with Gasteiger partial charge in [0.25, 0.3) is 5.22 Å². The largest absolute Gasteiger partial charge is 0.493 e. The van der Waals surface area contributed by atoms with Crippen LogP contribution in [0.25, 0.3) is 6.08 Å². The summed E-state index contributed by atoms with van der Waals surface area (Å²) in [6, 6.07) is 10.3. The first-order valence-electron chi connectivity index (χ1n) is 9.09. The van der Waals surface area contributed by atoms with Crippen molar-refractivity contribution in [2.24, 2.45) is 0 Å². The number of hydrogen-bond donors (Lipinski definition) is 1. The van der Waals surface area contributed by atoms with Gasteiger partial charge in [0.05, 0.1) is 17.2 Å². The fourth-order valence-electron chi connectivity index (χ4n) is 2.49. The lowest BCUT2D eigenvalue weighted by Gasteiger charge is -2.12. The van der Waals surface area contributed by atoms with Gasteiger partial charge >= 0.3 is 5.97 Å². The summed E-state index contributed by atoms with van der Waals surface area (Å²) in [5.41, 5.74) is 1.45. The van der Waals surface area contributed by atoms with Crippen LogP contribution in [0, 0.1) is 0 Å². The Morgan fingerprint density at radius 1 is 1.16 bits per heavy atom. The van der Waals surface area contributed by atoms with E-state index in [-0.39, 0.29) is 16.7 Å². The fraction of sp³-hybridized carbons (Fsp3) is 0.190. The first kappa shape index (κ1) is 23.0. The zero-order valence-electron chi connectivity index (χ0n) is 16.6. The van der Waals surface area contributed by atoms with Crippen molar-refractivity contribution < 1.29 is 23.8 Å². The standard InChI is InChI=1S/C21H18Cl2N2O5S/c1-3-19-24-25-21(30-19)31-18(20(26)27)10-12-5-7-16(17(9-12)28-2)29-11-13-4-6-14(22)15(23)8-13/h4-10H,3,11H2,1-2H3,(H,26,27)/b18-10-. The monoisotopic (exact) mass is 480 g/mol. The molecule has 0 spiro atoms. The molecule has 7 nitrogen and oxygen atoms in total. The smallest absolute Gasteiger partial charge is 0.342 e. The Morgan fingerprint density at radius 2 is 1.97 bits per heavy atom. The van der Waals surface area contributed by atoms with Crippen LogP contribution in [0.5, 0.6) is 11.5 Å². The molecule has 0 radical (unpaired) electrons. The van der Waals surface area contributed by atoms with Crippen LogP contribution in [0.1, 0.15) is 23.9 Å². The van der Waals surface area contributed by atoms with E-state index in [0.717, 1.165) is 17.3 Å². The molecule has 0 aliphatic heterocycles. The Morgan fingerprint density at radius 3 is 2.61 bits per heavy atom. The highest BCUT2D eigenvalue weighted by atomic mass is 35.5. The topological polar surface area (TPSA) is 94.7 Å². The number of rotatable bonds is 9. The summed E-state index contributed by atoms with van der Waals surface area (Å²) in [6.07, 6.45) is 2.06. The predicted octanol–water partition coefficient (Wildman–Crippen LogP) is 5.74. The van der Waals surface area contributed by atoms with Crippen LogP contribution in [0.3, 0.4) is 0 Å². The van der Waals surface area contributed by atoms with Crippen molar-refractivity contribution in [1.29, 1.82) is 0 Å². The molecule has 31 heavy (non-hydrogen) atoms. The molecule has 0 atom stereocenters. The SMILES string of the molecule is CCc1nnc(S/C(=C\c2ccc(OCc3ccc(Cl)c(Cl)c3)c(OC)c2)C(=O)O)o1. The summed E-state index contributed by atoms with van der Waals surface area (Å²) in [6.45, 7) is 2.13. The van der Waals surface area contributed by atoms with Crippen LogP contribution >= 0.6 is 35.0 Å². The predicted molar refractivity (Wildman–Crippen MR) is 119 cm³/mol. The van der Waals surface area contributed by atoms with Crippen molar-refractivity contribution in [2.75, 3.05) is 7.11 Å². The van der Waals surface area contributed by atoms with Crippen LogP contribution in [0.4, 0.5) is 0 Å². The second kappa shape index (κ2) is 10.6. The summed E-state index contributed by atoms with van der Waals surface area (Å²) >= 11 is 12.8. The molecule has 0 amide bonds. The van der Waals surface area contributed by atoms with Crippen molar-refractivity contribution >= 4 is 47.0 Å². The Kier molecular flexibility index (Phi) is 7.84. The Labute approximate surface area is 193 Å². The van der Waals surface area contributed by atoms with Gasteiger partial charge in [0.2, 0.25) is 5.89 Å². The van der Waals surface area contributed by atoms with Crippen LogP contribution < -0.4 is 9.47 Å². The van der Waals surface area contributed by atoms with Gasteiger partial charge in [-0.2, -0.15) is 0 Å². The third-order valence-electron chi connectivity index (χ3n) is 4.02. The molecular formula is C21H18Cl2N2O5S. The number of benzene rings is 2. The van der Waals surface area contributed by atoms with E-state index in [1.165, 1.54) is 13.2 Å². The first-order chi connectivity index (χ1) is 14.9. The average Bonchev–Trinajstić information content (AvgIpc) is 3.22. The molecule has 0 saturated heterocycles. The molecule has 1 aromatic heterocycles. The summed E-state index contributed by atoms with van der Waals surface area (Å²) in [4.78, 5) is 11.7. The maximum atomic E-state index is 11.7. The fourth-order valence-corrected chi connectivity index (χ4v) is 3.50. The van der Waals surface area contributed by atoms with Gasteiger partial charge in [-0.3, -0.25) is 0 Å². The van der Waals surface area contributed by atoms with E-state index in [1.54, 1.807) is 30.3 Å². The van der Waals surface area contributed by atoms with Crippen molar-refractivity contribution in [1.82, 2.24) is 10.2 Å². The molecular weight excluding hydrogens is 463 g/mol. The van der Waals surface area contributed by atoms with E-state index in [4.69, 9.17) is 37.1 Å². The van der Waals surface area contributed by atoms with Crippen LogP contribution in [0.15, 0.2) is 50.9 Å². The van der Waals surface area contributed by atoms with Gasteiger partial charge in [0.15, 0.2) is 11.5 Å². The summed E-state index contributed by atoms with van der Waals surface area (Å²) in [5.74, 6) is 0.284. The van der Waals surface area contributed by atoms with Gasteiger partial charge in [-0.05, 0) is 53.2 Å². The molecule has 0 fully saturated rings. The molecule has 1 heterocycles. The Hall–Kier alpha value is -2.68. The molecule has 162 valence electrons. The number of thioether (sulfide) groups is 1. The molecule has 1 N–H and O–H groups in total. The average molecular weight is 481 g/mol. The van der Waals surface area contributed by atoms with E-state index in [9.17, 15) is 9.90 Å². The van der Waals surface area contributed by atoms with Crippen LogP contribution in [-0.2, 0) is 17.8 Å². The van der Waals surface area contributed by atoms with Crippen LogP contribution in [0.2, 0.25) is 10.0 Å². The molecule has 0 aliphatic carbocycles. The number of ether oxygens (including phenoxy) is 2. The quantitative estimate of drug-likeness (QED) is 0.305. The number of aliphatic carboxylic acids is 1. The summed E-state index contributed by atoms with van der Waals surface area (Å²) in [5, 5.41) is 18.3. The van der Waals surface area contributed by atoms with Gasteiger partial charge in [0, 0.05) is 6.42 Å². The van der Waals surface area contributed by atoms with Crippen LogP contribution in [-0.4, -0.2) is 28.4 Å². The lowest BCUT2D eigenvalue weighted by Crippen LogP contribution is -1.99. The molecule has 3 rings (SSSR count). The van der Waals surface area contributed by atoms with E-state index >= 15 is 0 Å². The van der Waals surface area contributed by atoms with Crippen molar-refractivity contribution in [3.05, 3.63) is 68.4 Å². The van der Waals surface area contributed by atoms with E-state index in [1.807, 2.05) is 13.0 Å². The highest BCUT2D eigenvalue weighted by molar-refractivity contribution is 8.03. The highest BCUT2D eigenvalue weighted by Crippen LogP contribution is 2.33. The molecule has 0 unspecified atom stereocenters. The number of carboxylic acids is 1. The zero-order valence-corrected chi connectivity index (χ0v) is 18.9. The normalized spacial score (nSPS) is 11.4. The third-order valence-corrected chi connectivity index (χ3v) is 5.61. The number of aromatic nitrogens is 2. The molecule has 0 bridgehead atoms. The van der Waals surface area contributed by atoms with Gasteiger partial charge in [-0.1, -0.05) is 42.3 Å². The number of carbonyl (C=O) groups is 1. The molecule has 0 aliphatic rings. The number of aryl methyl sites for hydroxylation is 1. The Balaban J connectivity index is 1.77. The first-order valence-corrected chi connectivity index (χ1v) is 10.7. The van der Waals surface area contributed by atoms with Gasteiger partial charge in [0.1, 0.15) is 11.5 Å². The van der Waals surface area contributed by atoms with E-state index in [0.29, 0.717) is 39.4 Å². The minimum atomic E-state index is -1.11. The second-order valence-corrected chi connectivity index (χ2v) is 7.99. The minimum absolute atomic E-state index is 0.0258. The summed E-state index contributed by atoms with van der Waals surface area (Å²) < 4.78 is 16.6. The third kappa shape index (κ3) is 6.16. The van der Waals surface area contributed by atoms with Gasteiger partial charge < -0.3 is 19.0 Å². The number of nitrogens with zero attached hydrogens (tertiary/aromatic N) is 2. The zero-order chi connectivity index (χ0) is 22.4.